The van der Waals surface area contributed by atoms with Gasteiger partial charge < -0.3 is 15.2 Å². The van der Waals surface area contributed by atoms with Crippen LogP contribution >= 0.6 is 0 Å². The second-order valence-corrected chi connectivity index (χ2v) is 3.96. The predicted octanol–water partition coefficient (Wildman–Crippen LogP) is 0.137. The van der Waals surface area contributed by atoms with Crippen LogP contribution in [0.1, 0.15) is 19.3 Å². The van der Waals surface area contributed by atoms with E-state index >= 15 is 0 Å². The molecule has 2 fully saturated rings. The van der Waals surface area contributed by atoms with Crippen molar-refractivity contribution in [1.82, 2.24) is 5.32 Å². The van der Waals surface area contributed by atoms with Crippen LogP contribution in [-0.2, 0) is 4.74 Å². The van der Waals surface area contributed by atoms with Gasteiger partial charge in [0, 0.05) is 18.1 Å². The fraction of sp³-hybridized carbons (Fsp3) is 1.00. The van der Waals surface area contributed by atoms with Crippen LogP contribution in [0.3, 0.4) is 0 Å². The Labute approximate surface area is 73.1 Å². The number of nitrogens with one attached hydrogen (secondary N) is 1. The zero-order valence-electron chi connectivity index (χ0n) is 7.38. The van der Waals surface area contributed by atoms with Crippen molar-refractivity contribution >= 4 is 0 Å². The number of rotatable bonds is 1. The van der Waals surface area contributed by atoms with Gasteiger partial charge in [-0.1, -0.05) is 0 Å². The van der Waals surface area contributed by atoms with Gasteiger partial charge in [-0.25, -0.2) is 0 Å². The van der Waals surface area contributed by atoms with Crippen molar-refractivity contribution in [2.45, 2.75) is 25.3 Å². The van der Waals surface area contributed by atoms with Crippen molar-refractivity contribution in [2.75, 3.05) is 26.4 Å². The van der Waals surface area contributed by atoms with Gasteiger partial charge in [0.05, 0.1) is 13.2 Å². The van der Waals surface area contributed by atoms with Crippen molar-refractivity contribution in [2.24, 2.45) is 5.41 Å². The van der Waals surface area contributed by atoms with E-state index in [4.69, 9.17) is 9.84 Å². The van der Waals surface area contributed by atoms with Crippen LogP contribution in [0, 0.1) is 5.41 Å². The molecule has 0 aromatic carbocycles. The third-order valence-corrected chi connectivity index (χ3v) is 3.29. The maximum Gasteiger partial charge on any atom is 0.0590 e. The molecule has 2 unspecified atom stereocenters. The van der Waals surface area contributed by atoms with Gasteiger partial charge >= 0.3 is 0 Å². The maximum atomic E-state index is 9.17. The summed E-state index contributed by atoms with van der Waals surface area (Å²) in [6.45, 7) is 3.03. The Bertz CT molecular complexity index is 155. The first kappa shape index (κ1) is 8.48. The molecule has 0 bridgehead atoms. The lowest BCUT2D eigenvalue weighted by Crippen LogP contribution is -2.44. The molecule has 3 heteroatoms. The lowest BCUT2D eigenvalue weighted by Gasteiger charge is -2.37. The topological polar surface area (TPSA) is 41.5 Å². The fourth-order valence-electron chi connectivity index (χ4n) is 2.49. The number of aliphatic hydroxyl groups excluding tert-OH is 1. The van der Waals surface area contributed by atoms with Crippen LogP contribution in [0.2, 0.25) is 0 Å². The van der Waals surface area contributed by atoms with E-state index in [1.807, 2.05) is 0 Å². The van der Waals surface area contributed by atoms with Crippen molar-refractivity contribution in [1.29, 1.82) is 0 Å². The number of hydrogen-bond acceptors (Lipinski definition) is 3. The second kappa shape index (κ2) is 3.32. The summed E-state index contributed by atoms with van der Waals surface area (Å²) in [5, 5.41) is 12.5. The molecule has 2 atom stereocenters. The summed E-state index contributed by atoms with van der Waals surface area (Å²) in [4.78, 5) is 0. The molecule has 2 N–H and O–H groups in total. The SMILES string of the molecule is OCC1NCCC12CCCOC2. The molecule has 0 amide bonds. The molecular formula is C9H17NO2. The molecule has 2 rings (SSSR count). The second-order valence-electron chi connectivity index (χ2n) is 3.96. The molecule has 1 spiro atoms. The zero-order valence-corrected chi connectivity index (χ0v) is 7.38. The van der Waals surface area contributed by atoms with Gasteiger partial charge in [-0.3, -0.25) is 0 Å². The first-order chi connectivity index (χ1) is 5.87. The fourth-order valence-corrected chi connectivity index (χ4v) is 2.49. The standard InChI is InChI=1S/C9H17NO2/c11-6-8-9(3-4-10-8)2-1-5-12-7-9/h8,10-11H,1-7H2. The summed E-state index contributed by atoms with van der Waals surface area (Å²) in [6, 6.07) is 0.276. The van der Waals surface area contributed by atoms with E-state index in [9.17, 15) is 0 Å². The molecule has 0 saturated carbocycles. The van der Waals surface area contributed by atoms with Crippen LogP contribution < -0.4 is 5.32 Å². The van der Waals surface area contributed by atoms with Gasteiger partial charge in [-0.05, 0) is 25.8 Å². The van der Waals surface area contributed by atoms with Crippen LogP contribution in [0.5, 0.6) is 0 Å². The van der Waals surface area contributed by atoms with Gasteiger partial charge in [0.15, 0.2) is 0 Å². The Morgan fingerprint density at radius 2 is 2.42 bits per heavy atom. The van der Waals surface area contributed by atoms with Crippen molar-refractivity contribution < 1.29 is 9.84 Å². The Morgan fingerprint density at radius 3 is 3.08 bits per heavy atom. The lowest BCUT2D eigenvalue weighted by molar-refractivity contribution is -0.0236. The maximum absolute atomic E-state index is 9.17. The van der Waals surface area contributed by atoms with Crippen molar-refractivity contribution in [3.8, 4) is 0 Å². The van der Waals surface area contributed by atoms with Crippen molar-refractivity contribution in [3.05, 3.63) is 0 Å². The highest BCUT2D eigenvalue weighted by molar-refractivity contribution is 4.97. The molecule has 0 aliphatic carbocycles. The lowest BCUT2D eigenvalue weighted by atomic mass is 9.76. The third-order valence-electron chi connectivity index (χ3n) is 3.29. The quantitative estimate of drug-likeness (QED) is 0.589. The van der Waals surface area contributed by atoms with Gasteiger partial charge in [0.2, 0.25) is 0 Å². The molecule has 2 aliphatic heterocycles. The average molecular weight is 171 g/mol. The molecule has 0 aromatic heterocycles. The number of aliphatic hydroxyl groups is 1. The summed E-state index contributed by atoms with van der Waals surface area (Å²) in [7, 11) is 0. The minimum Gasteiger partial charge on any atom is -0.395 e. The predicted molar refractivity (Wildman–Crippen MR) is 46.0 cm³/mol. The molecule has 0 radical (unpaired) electrons. The highest BCUT2D eigenvalue weighted by Gasteiger charge is 2.43. The third kappa shape index (κ3) is 1.26. The van der Waals surface area contributed by atoms with Crippen LogP contribution in [0.4, 0.5) is 0 Å². The number of ether oxygens (including phenoxy) is 1. The molecule has 3 nitrogen and oxygen atoms in total. The number of hydrogen-bond donors (Lipinski definition) is 2. The van der Waals surface area contributed by atoms with Crippen LogP contribution in [0.15, 0.2) is 0 Å². The average Bonchev–Trinajstić information content (AvgIpc) is 2.49. The van der Waals surface area contributed by atoms with E-state index < -0.39 is 0 Å². The Balaban J connectivity index is 2.05. The van der Waals surface area contributed by atoms with E-state index in [0.29, 0.717) is 0 Å². The molecule has 70 valence electrons. The van der Waals surface area contributed by atoms with Gasteiger partial charge in [0.1, 0.15) is 0 Å². The Kier molecular flexibility index (Phi) is 2.35. The van der Waals surface area contributed by atoms with Crippen molar-refractivity contribution in [3.63, 3.8) is 0 Å². The summed E-state index contributed by atoms with van der Waals surface area (Å²) in [5.41, 5.74) is 0.257. The first-order valence-corrected chi connectivity index (χ1v) is 4.79. The highest BCUT2D eigenvalue weighted by atomic mass is 16.5. The van der Waals surface area contributed by atoms with Gasteiger partial charge in [0.25, 0.3) is 0 Å². The molecule has 2 saturated heterocycles. The van der Waals surface area contributed by atoms with E-state index in [0.717, 1.165) is 32.6 Å². The minimum absolute atomic E-state index is 0.253. The molecule has 12 heavy (non-hydrogen) atoms. The van der Waals surface area contributed by atoms with E-state index in [-0.39, 0.29) is 18.1 Å². The Hall–Kier alpha value is -0.120. The molecular weight excluding hydrogens is 154 g/mol. The minimum atomic E-state index is 0.253. The van der Waals surface area contributed by atoms with Gasteiger partial charge in [-0.2, -0.15) is 0 Å². The molecule has 2 heterocycles. The smallest absolute Gasteiger partial charge is 0.0590 e. The molecule has 2 aliphatic rings. The highest BCUT2D eigenvalue weighted by Crippen LogP contribution is 2.38. The summed E-state index contributed by atoms with van der Waals surface area (Å²) in [6.07, 6.45) is 3.53. The summed E-state index contributed by atoms with van der Waals surface area (Å²) < 4.78 is 5.49. The molecule has 0 aromatic rings. The first-order valence-electron chi connectivity index (χ1n) is 4.79. The summed E-state index contributed by atoms with van der Waals surface area (Å²) >= 11 is 0. The van der Waals surface area contributed by atoms with E-state index in [1.54, 1.807) is 0 Å². The largest absolute Gasteiger partial charge is 0.395 e. The normalized spacial score (nSPS) is 42.2. The van der Waals surface area contributed by atoms with E-state index in [2.05, 4.69) is 5.32 Å². The van der Waals surface area contributed by atoms with E-state index in [1.165, 1.54) is 6.42 Å². The van der Waals surface area contributed by atoms with Crippen LogP contribution in [0.25, 0.3) is 0 Å². The zero-order chi connectivity index (χ0) is 8.44. The van der Waals surface area contributed by atoms with Crippen LogP contribution in [-0.4, -0.2) is 37.5 Å². The Morgan fingerprint density at radius 1 is 1.50 bits per heavy atom. The van der Waals surface area contributed by atoms with Gasteiger partial charge in [-0.15, -0.1) is 0 Å². The monoisotopic (exact) mass is 171 g/mol. The summed E-state index contributed by atoms with van der Waals surface area (Å²) in [5.74, 6) is 0.